The van der Waals surface area contributed by atoms with Crippen LogP contribution < -0.4 is 0 Å². The maximum Gasteiger partial charge on any atom is 0.146 e. The van der Waals surface area contributed by atoms with Gasteiger partial charge in [0.2, 0.25) is 0 Å². The highest BCUT2D eigenvalue weighted by Gasteiger charge is 2.06. The predicted molar refractivity (Wildman–Crippen MR) is 138 cm³/mol. The number of allylic oxidation sites excluding steroid dienone is 1. The smallest absolute Gasteiger partial charge is 0.146 e. The summed E-state index contributed by atoms with van der Waals surface area (Å²) in [5.74, 6) is 5.89. The third-order valence-electron chi connectivity index (χ3n) is 6.08. The van der Waals surface area contributed by atoms with Gasteiger partial charge in [-0.3, -0.25) is 0 Å². The summed E-state index contributed by atoms with van der Waals surface area (Å²) in [4.78, 5) is 0. The van der Waals surface area contributed by atoms with Crippen LogP contribution in [0.2, 0.25) is 0 Å². The molecule has 4 aromatic rings. The second kappa shape index (κ2) is 10.8. The van der Waals surface area contributed by atoms with Crippen LogP contribution in [0.15, 0.2) is 91.5 Å². The van der Waals surface area contributed by atoms with Gasteiger partial charge in [0.1, 0.15) is 5.82 Å². The molecule has 0 bridgehead atoms. The summed E-state index contributed by atoms with van der Waals surface area (Å²) in [5.41, 5.74) is 6.52. The molecule has 0 saturated carbocycles. The molecule has 0 atom stereocenters. The van der Waals surface area contributed by atoms with Gasteiger partial charge in [-0.05, 0) is 77.9 Å². The molecule has 0 aliphatic rings. The summed E-state index contributed by atoms with van der Waals surface area (Å²) >= 11 is 0. The number of rotatable bonds is 7. The first-order chi connectivity index (χ1) is 16.2. The second-order valence-corrected chi connectivity index (χ2v) is 8.43. The van der Waals surface area contributed by atoms with Crippen molar-refractivity contribution in [1.82, 2.24) is 0 Å². The molecular formula is C32H29F. The van der Waals surface area contributed by atoms with Gasteiger partial charge in [-0.25, -0.2) is 4.39 Å². The molecule has 0 saturated heterocycles. The molecule has 0 heterocycles. The quantitative estimate of drug-likeness (QED) is 0.206. The van der Waals surface area contributed by atoms with E-state index in [4.69, 9.17) is 0 Å². The van der Waals surface area contributed by atoms with Crippen molar-refractivity contribution in [2.75, 3.05) is 0 Å². The SMILES string of the molecule is C=CCCc1ccc(CCc2ccc(C#Cc3ccc4cc(CC)ccc4c3F)cc2)cc1. The van der Waals surface area contributed by atoms with E-state index in [2.05, 4.69) is 61.7 Å². The van der Waals surface area contributed by atoms with Crippen LogP contribution in [0.1, 0.15) is 46.7 Å². The standard InChI is InChI=1S/C32H29F/c1-3-5-6-25-7-9-26(10-8-25)11-12-27-13-15-28(16-14-27)17-19-29-20-21-30-23-24(4-2)18-22-31(30)32(29)33/h3,7-10,13-16,18,20-23H,1,4-6,11-12H2,2H3. The maximum atomic E-state index is 14.9. The molecule has 33 heavy (non-hydrogen) atoms. The topological polar surface area (TPSA) is 0 Å². The van der Waals surface area contributed by atoms with Crippen LogP contribution in [0.3, 0.4) is 0 Å². The van der Waals surface area contributed by atoms with Crippen LogP contribution in [0.5, 0.6) is 0 Å². The zero-order valence-electron chi connectivity index (χ0n) is 19.2. The highest BCUT2D eigenvalue weighted by Crippen LogP contribution is 2.22. The number of benzene rings is 4. The zero-order valence-corrected chi connectivity index (χ0v) is 19.2. The first kappa shape index (κ1) is 22.6. The summed E-state index contributed by atoms with van der Waals surface area (Å²) in [5, 5.41) is 1.55. The van der Waals surface area contributed by atoms with Gasteiger partial charge in [0.25, 0.3) is 0 Å². The minimum absolute atomic E-state index is 0.241. The minimum atomic E-state index is -0.241. The molecule has 0 aromatic heterocycles. The van der Waals surface area contributed by atoms with E-state index >= 15 is 0 Å². The average Bonchev–Trinajstić information content (AvgIpc) is 2.87. The Kier molecular flexibility index (Phi) is 7.38. The largest absolute Gasteiger partial charge is 0.205 e. The molecule has 0 aliphatic heterocycles. The average molecular weight is 433 g/mol. The Hall–Kier alpha value is -3.63. The second-order valence-electron chi connectivity index (χ2n) is 8.43. The molecule has 4 rings (SSSR count). The lowest BCUT2D eigenvalue weighted by atomic mass is 10.0. The van der Waals surface area contributed by atoms with Crippen LogP contribution in [0.25, 0.3) is 10.8 Å². The van der Waals surface area contributed by atoms with Crippen LogP contribution in [0, 0.1) is 17.7 Å². The van der Waals surface area contributed by atoms with Crippen molar-refractivity contribution in [1.29, 1.82) is 0 Å². The summed E-state index contributed by atoms with van der Waals surface area (Å²) in [6.45, 7) is 5.89. The Labute approximate surface area is 196 Å². The molecule has 0 unspecified atom stereocenters. The van der Waals surface area contributed by atoms with E-state index in [0.717, 1.165) is 43.1 Å². The van der Waals surface area contributed by atoms with Gasteiger partial charge in [0, 0.05) is 10.9 Å². The van der Waals surface area contributed by atoms with Crippen molar-refractivity contribution in [3.05, 3.63) is 131 Å². The van der Waals surface area contributed by atoms with Crippen LogP contribution in [-0.2, 0) is 25.7 Å². The zero-order chi connectivity index (χ0) is 23.0. The van der Waals surface area contributed by atoms with E-state index in [1.807, 2.05) is 42.5 Å². The van der Waals surface area contributed by atoms with E-state index in [1.165, 1.54) is 22.3 Å². The van der Waals surface area contributed by atoms with Gasteiger partial charge in [0.05, 0.1) is 5.56 Å². The Morgan fingerprint density at radius 1 is 0.727 bits per heavy atom. The Bertz CT molecular complexity index is 1300. The van der Waals surface area contributed by atoms with Gasteiger partial charge in [0.15, 0.2) is 0 Å². The van der Waals surface area contributed by atoms with Gasteiger partial charge in [-0.2, -0.15) is 0 Å². The van der Waals surface area contributed by atoms with Crippen LogP contribution in [0.4, 0.5) is 4.39 Å². The van der Waals surface area contributed by atoms with Crippen molar-refractivity contribution >= 4 is 10.8 Å². The van der Waals surface area contributed by atoms with Gasteiger partial charge < -0.3 is 0 Å². The van der Waals surface area contributed by atoms with E-state index in [9.17, 15) is 4.39 Å². The molecule has 0 fully saturated rings. The Morgan fingerprint density at radius 2 is 1.33 bits per heavy atom. The first-order valence-electron chi connectivity index (χ1n) is 11.7. The molecule has 0 nitrogen and oxygen atoms in total. The summed E-state index contributed by atoms with van der Waals surface area (Å²) in [6, 6.07) is 26.8. The molecule has 0 aliphatic carbocycles. The molecule has 164 valence electrons. The normalized spacial score (nSPS) is 10.6. The first-order valence-corrected chi connectivity index (χ1v) is 11.7. The third-order valence-corrected chi connectivity index (χ3v) is 6.08. The fraction of sp³-hybridized carbons (Fsp3) is 0.188. The van der Waals surface area contributed by atoms with Gasteiger partial charge >= 0.3 is 0 Å². The summed E-state index contributed by atoms with van der Waals surface area (Å²) in [7, 11) is 0. The lowest BCUT2D eigenvalue weighted by molar-refractivity contribution is 0.636. The summed E-state index contributed by atoms with van der Waals surface area (Å²) < 4.78 is 14.9. The third kappa shape index (κ3) is 5.79. The number of aryl methyl sites for hydroxylation is 4. The van der Waals surface area contributed by atoms with E-state index < -0.39 is 0 Å². The highest BCUT2D eigenvalue weighted by atomic mass is 19.1. The van der Waals surface area contributed by atoms with Gasteiger partial charge in [-0.15, -0.1) is 6.58 Å². The molecule has 4 aromatic carbocycles. The number of halogens is 1. The molecule has 0 N–H and O–H groups in total. The number of hydrogen-bond acceptors (Lipinski definition) is 0. The van der Waals surface area contributed by atoms with Crippen LogP contribution in [-0.4, -0.2) is 0 Å². The Balaban J connectivity index is 1.40. The summed E-state index contributed by atoms with van der Waals surface area (Å²) in [6.07, 6.45) is 6.96. The maximum absolute atomic E-state index is 14.9. The highest BCUT2D eigenvalue weighted by molar-refractivity contribution is 5.85. The number of hydrogen-bond donors (Lipinski definition) is 0. The fourth-order valence-electron chi connectivity index (χ4n) is 3.98. The monoisotopic (exact) mass is 432 g/mol. The van der Waals surface area contributed by atoms with Crippen molar-refractivity contribution in [3.8, 4) is 11.8 Å². The predicted octanol–water partition coefficient (Wildman–Crippen LogP) is 7.84. The molecule has 0 amide bonds. The van der Waals surface area contributed by atoms with Crippen LogP contribution >= 0.6 is 0 Å². The molecule has 1 heteroatoms. The van der Waals surface area contributed by atoms with E-state index in [1.54, 1.807) is 6.07 Å². The van der Waals surface area contributed by atoms with Gasteiger partial charge in [-0.1, -0.05) is 85.5 Å². The number of fused-ring (bicyclic) bond motifs is 1. The van der Waals surface area contributed by atoms with Crippen molar-refractivity contribution in [2.24, 2.45) is 0 Å². The Morgan fingerprint density at radius 3 is 1.97 bits per heavy atom. The lowest BCUT2D eigenvalue weighted by Gasteiger charge is -2.05. The molecule has 0 spiro atoms. The van der Waals surface area contributed by atoms with Crippen molar-refractivity contribution < 1.29 is 4.39 Å². The minimum Gasteiger partial charge on any atom is -0.205 e. The van der Waals surface area contributed by atoms with E-state index in [0.29, 0.717) is 10.9 Å². The van der Waals surface area contributed by atoms with E-state index in [-0.39, 0.29) is 5.82 Å². The van der Waals surface area contributed by atoms with Crippen molar-refractivity contribution in [2.45, 2.75) is 39.0 Å². The molecular weight excluding hydrogens is 403 g/mol. The van der Waals surface area contributed by atoms with Crippen molar-refractivity contribution in [3.63, 3.8) is 0 Å². The molecule has 0 radical (unpaired) electrons. The fourth-order valence-corrected chi connectivity index (χ4v) is 3.98. The lowest BCUT2D eigenvalue weighted by Crippen LogP contribution is -1.92.